The number of hydrogen-bond donors (Lipinski definition) is 0. The summed E-state index contributed by atoms with van der Waals surface area (Å²) in [6, 6.07) is 3.71. The smallest absolute Gasteiger partial charge is 0.227 e. The Labute approximate surface area is 128 Å². The van der Waals surface area contributed by atoms with Crippen LogP contribution in [0, 0.1) is 0 Å². The van der Waals surface area contributed by atoms with Gasteiger partial charge in [-0.05, 0) is 18.6 Å². The highest BCUT2D eigenvalue weighted by Crippen LogP contribution is 2.22. The van der Waals surface area contributed by atoms with E-state index in [2.05, 4.69) is 0 Å². The van der Waals surface area contributed by atoms with Gasteiger partial charge in [-0.3, -0.25) is 9.59 Å². The molecule has 1 aromatic rings. The number of carbonyl (C=O) groups excluding carboxylic acids is 2. The summed E-state index contributed by atoms with van der Waals surface area (Å²) in [5, 5.41) is 0. The van der Waals surface area contributed by atoms with Crippen molar-refractivity contribution in [2.45, 2.75) is 26.2 Å². The Balaban J connectivity index is 1.81. The summed E-state index contributed by atoms with van der Waals surface area (Å²) in [6.45, 7) is 4.57. The zero-order valence-corrected chi connectivity index (χ0v) is 13.2. The van der Waals surface area contributed by atoms with Gasteiger partial charge >= 0.3 is 0 Å². The van der Waals surface area contributed by atoms with Crippen LogP contribution in [-0.2, 0) is 16.0 Å². The predicted octanol–water partition coefficient (Wildman–Crippen LogP) is 2.41. The van der Waals surface area contributed by atoms with Crippen molar-refractivity contribution in [1.82, 2.24) is 9.80 Å². The number of rotatable bonds is 4. The molecule has 0 aliphatic carbocycles. The Hall–Kier alpha value is -1.07. The number of halogens is 1. The quantitative estimate of drug-likeness (QED) is 0.856. The second-order valence-electron chi connectivity index (χ2n) is 4.89. The lowest BCUT2D eigenvalue weighted by Crippen LogP contribution is -2.50. The van der Waals surface area contributed by atoms with Gasteiger partial charge in [-0.2, -0.15) is 0 Å². The Morgan fingerprint density at radius 1 is 1.15 bits per heavy atom. The lowest BCUT2D eigenvalue weighted by atomic mass is 10.2. The molecule has 1 fully saturated rings. The van der Waals surface area contributed by atoms with Crippen LogP contribution in [0.2, 0.25) is 4.34 Å². The van der Waals surface area contributed by atoms with Crippen molar-refractivity contribution in [3.8, 4) is 0 Å². The molecule has 20 heavy (non-hydrogen) atoms. The maximum Gasteiger partial charge on any atom is 0.227 e. The molecule has 6 heteroatoms. The molecule has 1 saturated heterocycles. The summed E-state index contributed by atoms with van der Waals surface area (Å²) < 4.78 is 0.711. The summed E-state index contributed by atoms with van der Waals surface area (Å²) >= 11 is 7.31. The minimum absolute atomic E-state index is 0.117. The van der Waals surface area contributed by atoms with Crippen molar-refractivity contribution in [3.63, 3.8) is 0 Å². The van der Waals surface area contributed by atoms with Crippen LogP contribution in [0.15, 0.2) is 12.1 Å². The van der Waals surface area contributed by atoms with Gasteiger partial charge in [-0.25, -0.2) is 0 Å². The van der Waals surface area contributed by atoms with Gasteiger partial charge in [0, 0.05) is 37.5 Å². The first-order valence-electron chi connectivity index (χ1n) is 6.90. The van der Waals surface area contributed by atoms with E-state index in [1.54, 1.807) is 0 Å². The normalized spacial score (nSPS) is 15.5. The van der Waals surface area contributed by atoms with E-state index >= 15 is 0 Å². The zero-order valence-electron chi connectivity index (χ0n) is 11.6. The van der Waals surface area contributed by atoms with Crippen LogP contribution in [0.5, 0.6) is 0 Å². The molecule has 2 rings (SSSR count). The summed E-state index contributed by atoms with van der Waals surface area (Å²) in [5.41, 5.74) is 0. The fourth-order valence-corrected chi connectivity index (χ4v) is 3.36. The standard InChI is InChI=1S/C14H19ClN2O2S/c1-2-3-13(18)16-6-8-17(9-7-16)14(19)10-11-4-5-12(15)20-11/h4-5H,2-3,6-10H2,1H3. The molecule has 110 valence electrons. The van der Waals surface area contributed by atoms with Crippen molar-refractivity contribution in [3.05, 3.63) is 21.3 Å². The Bertz CT molecular complexity index is 481. The SMILES string of the molecule is CCCC(=O)N1CCN(C(=O)Cc2ccc(Cl)s2)CC1. The van der Waals surface area contributed by atoms with E-state index in [9.17, 15) is 9.59 Å². The molecule has 2 amide bonds. The molecule has 0 bridgehead atoms. The van der Waals surface area contributed by atoms with Crippen LogP contribution in [0.25, 0.3) is 0 Å². The van der Waals surface area contributed by atoms with Crippen LogP contribution in [0.4, 0.5) is 0 Å². The van der Waals surface area contributed by atoms with Gasteiger partial charge in [0.2, 0.25) is 11.8 Å². The van der Waals surface area contributed by atoms with E-state index in [-0.39, 0.29) is 11.8 Å². The van der Waals surface area contributed by atoms with Crippen molar-refractivity contribution < 1.29 is 9.59 Å². The topological polar surface area (TPSA) is 40.6 Å². The molecule has 2 heterocycles. The number of piperazine rings is 1. The Morgan fingerprint density at radius 3 is 2.25 bits per heavy atom. The summed E-state index contributed by atoms with van der Waals surface area (Å²) in [4.78, 5) is 28.6. The minimum atomic E-state index is 0.117. The minimum Gasteiger partial charge on any atom is -0.339 e. The van der Waals surface area contributed by atoms with E-state index in [0.29, 0.717) is 43.4 Å². The first kappa shape index (κ1) is 15.3. The average molecular weight is 315 g/mol. The first-order valence-corrected chi connectivity index (χ1v) is 8.09. The molecule has 1 aliphatic heterocycles. The lowest BCUT2D eigenvalue weighted by Gasteiger charge is -2.34. The summed E-state index contributed by atoms with van der Waals surface area (Å²) in [6.07, 6.45) is 1.87. The molecule has 1 aromatic heterocycles. The molecule has 4 nitrogen and oxygen atoms in total. The summed E-state index contributed by atoms with van der Waals surface area (Å²) in [7, 11) is 0. The number of carbonyl (C=O) groups is 2. The average Bonchev–Trinajstić information content (AvgIpc) is 2.84. The third-order valence-corrected chi connectivity index (χ3v) is 4.63. The predicted molar refractivity (Wildman–Crippen MR) is 81.1 cm³/mol. The van der Waals surface area contributed by atoms with Gasteiger partial charge in [0.1, 0.15) is 0 Å². The first-order chi connectivity index (χ1) is 9.60. The molecular weight excluding hydrogens is 296 g/mol. The number of hydrogen-bond acceptors (Lipinski definition) is 3. The highest BCUT2D eigenvalue weighted by atomic mass is 35.5. The van der Waals surface area contributed by atoms with Gasteiger partial charge in [0.05, 0.1) is 10.8 Å². The number of amides is 2. The van der Waals surface area contributed by atoms with E-state index in [1.165, 1.54) is 11.3 Å². The second kappa shape index (κ2) is 7.09. The third kappa shape index (κ3) is 3.96. The van der Waals surface area contributed by atoms with Crippen LogP contribution < -0.4 is 0 Å². The molecule has 0 spiro atoms. The molecule has 0 aromatic carbocycles. The molecule has 0 unspecified atom stereocenters. The van der Waals surface area contributed by atoms with Crippen molar-refractivity contribution >= 4 is 34.8 Å². The number of thiophene rings is 1. The molecule has 0 radical (unpaired) electrons. The van der Waals surface area contributed by atoms with Gasteiger partial charge in [0.25, 0.3) is 0 Å². The van der Waals surface area contributed by atoms with E-state index in [1.807, 2.05) is 28.9 Å². The van der Waals surface area contributed by atoms with Crippen molar-refractivity contribution in [2.75, 3.05) is 26.2 Å². The fourth-order valence-electron chi connectivity index (χ4n) is 2.28. The van der Waals surface area contributed by atoms with Gasteiger partial charge in [-0.15, -0.1) is 11.3 Å². The van der Waals surface area contributed by atoms with E-state index in [4.69, 9.17) is 11.6 Å². The zero-order chi connectivity index (χ0) is 14.5. The van der Waals surface area contributed by atoms with Crippen LogP contribution in [0.3, 0.4) is 0 Å². The second-order valence-corrected chi connectivity index (χ2v) is 6.69. The molecular formula is C14H19ClN2O2S. The van der Waals surface area contributed by atoms with Crippen LogP contribution in [0.1, 0.15) is 24.6 Å². The van der Waals surface area contributed by atoms with Crippen LogP contribution >= 0.6 is 22.9 Å². The van der Waals surface area contributed by atoms with Gasteiger partial charge < -0.3 is 9.80 Å². The van der Waals surface area contributed by atoms with Crippen molar-refractivity contribution in [1.29, 1.82) is 0 Å². The Morgan fingerprint density at radius 2 is 1.75 bits per heavy atom. The highest BCUT2D eigenvalue weighted by molar-refractivity contribution is 7.16. The molecule has 0 N–H and O–H groups in total. The summed E-state index contributed by atoms with van der Waals surface area (Å²) in [5.74, 6) is 0.316. The molecule has 0 atom stereocenters. The van der Waals surface area contributed by atoms with E-state index in [0.717, 1.165) is 11.3 Å². The number of nitrogens with zero attached hydrogens (tertiary/aromatic N) is 2. The van der Waals surface area contributed by atoms with Gasteiger partial charge in [0.15, 0.2) is 0 Å². The largest absolute Gasteiger partial charge is 0.339 e. The lowest BCUT2D eigenvalue weighted by molar-refractivity contribution is -0.139. The molecule has 1 aliphatic rings. The van der Waals surface area contributed by atoms with E-state index < -0.39 is 0 Å². The monoisotopic (exact) mass is 314 g/mol. The van der Waals surface area contributed by atoms with Crippen molar-refractivity contribution in [2.24, 2.45) is 0 Å². The molecule has 0 saturated carbocycles. The maximum atomic E-state index is 12.2. The Kier molecular flexibility index (Phi) is 5.43. The van der Waals surface area contributed by atoms with Gasteiger partial charge in [-0.1, -0.05) is 18.5 Å². The fraction of sp³-hybridized carbons (Fsp3) is 0.571. The highest BCUT2D eigenvalue weighted by Gasteiger charge is 2.23. The maximum absolute atomic E-state index is 12.2. The third-order valence-electron chi connectivity index (χ3n) is 3.40. The van der Waals surface area contributed by atoms with Crippen LogP contribution in [-0.4, -0.2) is 47.8 Å².